The summed E-state index contributed by atoms with van der Waals surface area (Å²) in [5, 5.41) is 0.709. The number of hydrogen-bond acceptors (Lipinski definition) is 6. The topological polar surface area (TPSA) is 104 Å². The van der Waals surface area contributed by atoms with Gasteiger partial charge in [0.25, 0.3) is 5.56 Å². The summed E-state index contributed by atoms with van der Waals surface area (Å²) in [6.45, 7) is 1.83. The predicted molar refractivity (Wildman–Crippen MR) is 84.1 cm³/mol. The molecule has 0 spiro atoms. The minimum atomic E-state index is -0.533. The number of pyridine rings is 1. The molecule has 0 unspecified atom stereocenters. The number of aryl methyl sites for hydroxylation is 1. The second-order valence-corrected chi connectivity index (χ2v) is 5.76. The van der Waals surface area contributed by atoms with Crippen molar-refractivity contribution >= 4 is 31.8 Å². The summed E-state index contributed by atoms with van der Waals surface area (Å²) >= 11 is 1.24. The quantitative estimate of drug-likeness (QED) is 0.555. The van der Waals surface area contributed by atoms with Crippen LogP contribution >= 0.6 is 11.3 Å². The third-order valence-electron chi connectivity index (χ3n) is 3.34. The smallest absolute Gasteiger partial charge is 0.305 e. The van der Waals surface area contributed by atoms with Crippen LogP contribution in [0.5, 0.6) is 0 Å². The first kappa shape index (κ1) is 12.8. The minimum Gasteiger partial charge on any atom is -0.305 e. The van der Waals surface area contributed by atoms with Gasteiger partial charge in [-0.05, 0) is 19.1 Å². The number of nitrogens with one attached hydrogen (secondary N) is 2. The molecule has 0 radical (unpaired) electrons. The van der Waals surface area contributed by atoms with Crippen molar-refractivity contribution in [1.29, 1.82) is 0 Å². The van der Waals surface area contributed by atoms with E-state index in [-0.39, 0.29) is 0 Å². The summed E-state index contributed by atoms with van der Waals surface area (Å²) in [5.74, 6) is 0.567. The number of hydrogen-bond donors (Lipinski definition) is 2. The lowest BCUT2D eigenvalue weighted by atomic mass is 10.2. The molecule has 0 atom stereocenters. The maximum Gasteiger partial charge on any atom is 0.326 e. The Bertz CT molecular complexity index is 1130. The van der Waals surface area contributed by atoms with Gasteiger partial charge in [-0.15, -0.1) is 11.3 Å². The molecule has 0 amide bonds. The fourth-order valence-corrected chi connectivity index (χ4v) is 3.46. The number of thiophene rings is 1. The van der Waals surface area contributed by atoms with E-state index < -0.39 is 11.2 Å². The zero-order valence-corrected chi connectivity index (χ0v) is 12.2. The average molecular weight is 311 g/mol. The Kier molecular flexibility index (Phi) is 2.67. The summed E-state index contributed by atoms with van der Waals surface area (Å²) in [4.78, 5) is 41.9. The molecule has 4 heterocycles. The van der Waals surface area contributed by atoms with Crippen LogP contribution in [0.4, 0.5) is 0 Å². The van der Waals surface area contributed by atoms with E-state index in [9.17, 15) is 9.59 Å². The molecule has 4 aromatic heterocycles. The van der Waals surface area contributed by atoms with Crippen molar-refractivity contribution in [3.63, 3.8) is 0 Å². The van der Waals surface area contributed by atoms with E-state index in [0.717, 1.165) is 5.56 Å². The van der Waals surface area contributed by atoms with Gasteiger partial charge in [-0.3, -0.25) is 14.8 Å². The van der Waals surface area contributed by atoms with Gasteiger partial charge >= 0.3 is 5.69 Å². The highest BCUT2D eigenvalue weighted by atomic mass is 32.1. The van der Waals surface area contributed by atoms with Crippen LogP contribution < -0.4 is 11.2 Å². The Hall–Kier alpha value is -2.87. The van der Waals surface area contributed by atoms with Gasteiger partial charge in [-0.1, -0.05) is 0 Å². The second-order valence-electron chi connectivity index (χ2n) is 4.76. The third-order valence-corrected chi connectivity index (χ3v) is 4.43. The first-order valence-electron chi connectivity index (χ1n) is 6.47. The minimum absolute atomic E-state index is 0.411. The molecule has 0 saturated carbocycles. The summed E-state index contributed by atoms with van der Waals surface area (Å²) < 4.78 is 0.443. The lowest BCUT2D eigenvalue weighted by Gasteiger charge is -2.02. The average Bonchev–Trinajstić information content (AvgIpc) is 2.87. The van der Waals surface area contributed by atoms with Gasteiger partial charge in [0.1, 0.15) is 9.53 Å². The molecule has 0 bridgehead atoms. The van der Waals surface area contributed by atoms with Crippen LogP contribution in [0, 0.1) is 6.92 Å². The lowest BCUT2D eigenvalue weighted by Crippen LogP contribution is -2.20. The van der Waals surface area contributed by atoms with Crippen molar-refractivity contribution in [2.45, 2.75) is 6.92 Å². The van der Waals surface area contributed by atoms with Crippen molar-refractivity contribution in [3.05, 3.63) is 51.1 Å². The van der Waals surface area contributed by atoms with E-state index in [0.29, 0.717) is 32.0 Å². The molecule has 4 rings (SSSR count). The molecule has 8 heteroatoms. The van der Waals surface area contributed by atoms with Crippen molar-refractivity contribution in [2.75, 3.05) is 0 Å². The van der Waals surface area contributed by atoms with Crippen LogP contribution in [-0.4, -0.2) is 24.9 Å². The molecule has 0 aliphatic heterocycles. The highest BCUT2D eigenvalue weighted by Gasteiger charge is 2.15. The maximum absolute atomic E-state index is 11.9. The first-order chi connectivity index (χ1) is 10.6. The van der Waals surface area contributed by atoms with Crippen LogP contribution in [0.3, 0.4) is 0 Å². The van der Waals surface area contributed by atoms with Gasteiger partial charge in [0, 0.05) is 18.0 Å². The van der Waals surface area contributed by atoms with E-state index in [1.54, 1.807) is 12.4 Å². The van der Waals surface area contributed by atoms with Crippen LogP contribution in [0.25, 0.3) is 31.8 Å². The molecule has 4 aromatic rings. The highest BCUT2D eigenvalue weighted by molar-refractivity contribution is 7.25. The second kappa shape index (κ2) is 4.57. The van der Waals surface area contributed by atoms with Crippen molar-refractivity contribution in [2.24, 2.45) is 0 Å². The zero-order valence-electron chi connectivity index (χ0n) is 11.4. The van der Waals surface area contributed by atoms with Gasteiger partial charge in [-0.25, -0.2) is 14.8 Å². The van der Waals surface area contributed by atoms with Crippen molar-refractivity contribution in [3.8, 4) is 11.4 Å². The Morgan fingerprint density at radius 1 is 1.09 bits per heavy atom. The van der Waals surface area contributed by atoms with Crippen LogP contribution in [-0.2, 0) is 0 Å². The van der Waals surface area contributed by atoms with E-state index in [1.165, 1.54) is 11.3 Å². The standard InChI is InChI=1S/C14H9N5O2S/c1-6-8-9-10(12(20)19-14(21)17-9)22-13(8)18-11(16-6)7-2-4-15-5-3-7/h2-5H,1H3,(H2,17,19,20,21). The van der Waals surface area contributed by atoms with E-state index >= 15 is 0 Å². The molecule has 7 nitrogen and oxygen atoms in total. The summed E-state index contributed by atoms with van der Waals surface area (Å²) in [5.41, 5.74) is 1.11. The molecule has 0 fully saturated rings. The highest BCUT2D eigenvalue weighted by Crippen LogP contribution is 2.31. The molecule has 0 aliphatic carbocycles. The number of aromatic amines is 2. The number of nitrogens with zero attached hydrogens (tertiary/aromatic N) is 3. The van der Waals surface area contributed by atoms with Crippen LogP contribution in [0.15, 0.2) is 34.1 Å². The van der Waals surface area contributed by atoms with Crippen LogP contribution in [0.2, 0.25) is 0 Å². The Morgan fingerprint density at radius 3 is 2.64 bits per heavy atom. The lowest BCUT2D eigenvalue weighted by molar-refractivity contribution is 1.09. The van der Waals surface area contributed by atoms with Crippen molar-refractivity contribution < 1.29 is 0 Å². The Morgan fingerprint density at radius 2 is 1.86 bits per heavy atom. The Labute approximate surface area is 126 Å². The van der Waals surface area contributed by atoms with Gasteiger partial charge in [0.15, 0.2) is 5.82 Å². The third kappa shape index (κ3) is 1.85. The van der Waals surface area contributed by atoms with Crippen molar-refractivity contribution in [1.82, 2.24) is 24.9 Å². The molecule has 2 N–H and O–H groups in total. The number of H-pyrrole nitrogens is 2. The molecular formula is C14H9N5O2S. The van der Waals surface area contributed by atoms with Gasteiger partial charge in [0.05, 0.1) is 16.6 Å². The van der Waals surface area contributed by atoms with E-state index in [2.05, 4.69) is 24.9 Å². The van der Waals surface area contributed by atoms with E-state index in [4.69, 9.17) is 0 Å². The van der Waals surface area contributed by atoms with Crippen LogP contribution in [0.1, 0.15) is 5.69 Å². The molecule has 0 aromatic carbocycles. The number of aromatic nitrogens is 5. The van der Waals surface area contributed by atoms with E-state index in [1.807, 2.05) is 19.1 Å². The summed E-state index contributed by atoms with van der Waals surface area (Å²) in [6, 6.07) is 3.64. The zero-order chi connectivity index (χ0) is 15.3. The fourth-order valence-electron chi connectivity index (χ4n) is 2.38. The molecular weight excluding hydrogens is 302 g/mol. The molecule has 108 valence electrons. The molecule has 0 aliphatic rings. The Balaban J connectivity index is 2.12. The predicted octanol–water partition coefficient (Wildman–Crippen LogP) is 1.59. The number of rotatable bonds is 1. The normalized spacial score (nSPS) is 11.3. The monoisotopic (exact) mass is 311 g/mol. The molecule has 0 saturated heterocycles. The SMILES string of the molecule is Cc1nc(-c2ccncc2)nc2sc3c(=O)[nH]c(=O)[nH]c3c12. The molecule has 22 heavy (non-hydrogen) atoms. The fraction of sp³-hybridized carbons (Fsp3) is 0.0714. The van der Waals surface area contributed by atoms with Gasteiger partial charge < -0.3 is 4.98 Å². The largest absolute Gasteiger partial charge is 0.326 e. The van der Waals surface area contributed by atoms with Gasteiger partial charge in [0.2, 0.25) is 0 Å². The van der Waals surface area contributed by atoms with Gasteiger partial charge in [-0.2, -0.15) is 0 Å². The maximum atomic E-state index is 11.9. The number of fused-ring (bicyclic) bond motifs is 3. The summed E-state index contributed by atoms with van der Waals surface area (Å²) in [7, 11) is 0. The first-order valence-corrected chi connectivity index (χ1v) is 7.29. The summed E-state index contributed by atoms with van der Waals surface area (Å²) in [6.07, 6.45) is 3.34.